The van der Waals surface area contributed by atoms with E-state index in [1.807, 2.05) is 53.5 Å². The van der Waals surface area contributed by atoms with E-state index in [1.54, 1.807) is 0 Å². The van der Waals surface area contributed by atoms with Gasteiger partial charge in [-0.05, 0) is 12.8 Å². The predicted molar refractivity (Wildman–Crippen MR) is 106 cm³/mol. The third-order valence-electron chi connectivity index (χ3n) is 4.08. The van der Waals surface area contributed by atoms with E-state index in [-0.39, 0.29) is 0 Å². The molecule has 0 unspecified atom stereocenters. The molecule has 3 rings (SSSR count). The molecule has 0 aliphatic rings. The Morgan fingerprint density at radius 2 is 1.42 bits per heavy atom. The second-order valence-corrected chi connectivity index (χ2v) is 6.17. The van der Waals surface area contributed by atoms with Gasteiger partial charge in [0, 0.05) is 24.2 Å². The summed E-state index contributed by atoms with van der Waals surface area (Å²) in [5, 5.41) is 18.8. The molecule has 0 spiro atoms. The molecule has 0 fully saturated rings. The van der Waals surface area contributed by atoms with Crippen LogP contribution in [0.3, 0.4) is 0 Å². The fraction of sp³-hybridized carbons (Fsp3) is 0.286. The number of nitrogens with one attached hydrogen (secondary N) is 1. The van der Waals surface area contributed by atoms with Crippen molar-refractivity contribution in [2.45, 2.75) is 26.7 Å². The van der Waals surface area contributed by atoms with Crippen LogP contribution in [0.15, 0.2) is 71.0 Å². The second-order valence-electron chi connectivity index (χ2n) is 6.17. The quantitative estimate of drug-likeness (QED) is 0.409. The molecule has 1 N–H and O–H groups in total. The van der Waals surface area contributed by atoms with Gasteiger partial charge in [-0.25, -0.2) is 0 Å². The molecule has 3 aromatic rings. The molecule has 1 aromatic heterocycles. The Kier molecular flexibility index (Phi) is 6.14. The van der Waals surface area contributed by atoms with Crippen LogP contribution in [0.25, 0.3) is 22.5 Å². The molecule has 26 heavy (non-hydrogen) atoms. The molecule has 0 saturated heterocycles. The summed E-state index contributed by atoms with van der Waals surface area (Å²) < 4.78 is 0. The minimum atomic E-state index is 0.777. The number of H-pyrrole nitrogens is 1. The summed E-state index contributed by atoms with van der Waals surface area (Å²) in [7, 11) is 0. The number of benzene rings is 2. The zero-order chi connectivity index (χ0) is 18.2. The van der Waals surface area contributed by atoms with Crippen molar-refractivity contribution in [2.24, 2.45) is 10.3 Å². The van der Waals surface area contributed by atoms with Crippen LogP contribution in [-0.4, -0.2) is 28.3 Å². The van der Waals surface area contributed by atoms with E-state index < -0.39 is 0 Å². The van der Waals surface area contributed by atoms with E-state index in [1.165, 1.54) is 0 Å². The Morgan fingerprint density at radius 1 is 0.846 bits per heavy atom. The van der Waals surface area contributed by atoms with Crippen molar-refractivity contribution in [3.8, 4) is 22.5 Å². The van der Waals surface area contributed by atoms with Crippen molar-refractivity contribution < 1.29 is 0 Å². The average Bonchev–Trinajstić information content (AvgIpc) is 3.12. The van der Waals surface area contributed by atoms with Crippen molar-refractivity contribution in [2.75, 3.05) is 13.1 Å². The number of rotatable bonds is 8. The maximum atomic E-state index is 4.61. The van der Waals surface area contributed by atoms with Gasteiger partial charge in [0.25, 0.3) is 0 Å². The lowest BCUT2D eigenvalue weighted by Gasteiger charge is -2.15. The third-order valence-corrected chi connectivity index (χ3v) is 4.08. The normalized spacial score (nSPS) is 11.2. The van der Waals surface area contributed by atoms with Crippen LogP contribution in [0.5, 0.6) is 0 Å². The Hall–Kier alpha value is -2.95. The molecule has 0 atom stereocenters. The zero-order valence-corrected chi connectivity index (χ0v) is 15.4. The molecule has 1 heterocycles. The predicted octanol–water partition coefficient (Wildman–Crippen LogP) is 5.86. The summed E-state index contributed by atoms with van der Waals surface area (Å²) >= 11 is 0. The third kappa shape index (κ3) is 4.17. The van der Waals surface area contributed by atoms with Crippen LogP contribution in [0, 0.1) is 0 Å². The van der Waals surface area contributed by atoms with Crippen molar-refractivity contribution in [1.29, 1.82) is 0 Å². The average molecular weight is 347 g/mol. The number of nitrogens with zero attached hydrogens (tertiary/aromatic N) is 4. The number of aromatic amines is 1. The smallest absolute Gasteiger partial charge is 0.141 e. The molecule has 0 aliphatic heterocycles. The van der Waals surface area contributed by atoms with Gasteiger partial charge < -0.3 is 0 Å². The SMILES string of the molecule is CCCN(CCC)N=Nc1c(-c2ccccc2)n[nH]c1-c1ccccc1. The van der Waals surface area contributed by atoms with Gasteiger partial charge in [-0.2, -0.15) is 5.10 Å². The lowest BCUT2D eigenvalue weighted by Crippen LogP contribution is -2.18. The summed E-state index contributed by atoms with van der Waals surface area (Å²) in [6.45, 7) is 6.11. The van der Waals surface area contributed by atoms with Crippen LogP contribution < -0.4 is 0 Å². The lowest BCUT2D eigenvalue weighted by molar-refractivity contribution is 0.271. The topological polar surface area (TPSA) is 56.6 Å². The Morgan fingerprint density at radius 3 is 2.00 bits per heavy atom. The summed E-state index contributed by atoms with van der Waals surface area (Å²) in [4.78, 5) is 0. The minimum absolute atomic E-state index is 0.777. The Bertz CT molecular complexity index is 761. The molecule has 5 nitrogen and oxygen atoms in total. The van der Waals surface area contributed by atoms with Crippen LogP contribution in [0.4, 0.5) is 5.69 Å². The molecular formula is C21H25N5. The van der Waals surface area contributed by atoms with E-state index in [4.69, 9.17) is 0 Å². The number of hydrogen-bond donors (Lipinski definition) is 1. The molecule has 134 valence electrons. The number of aromatic nitrogens is 2. The number of hydrogen-bond acceptors (Lipinski definition) is 3. The monoisotopic (exact) mass is 347 g/mol. The van der Waals surface area contributed by atoms with Crippen LogP contribution in [0.1, 0.15) is 26.7 Å². The van der Waals surface area contributed by atoms with Gasteiger partial charge in [0.15, 0.2) is 0 Å². The van der Waals surface area contributed by atoms with Crippen molar-refractivity contribution in [3.63, 3.8) is 0 Å². The Labute approximate surface area is 154 Å². The first-order valence-corrected chi connectivity index (χ1v) is 9.19. The highest BCUT2D eigenvalue weighted by molar-refractivity contribution is 5.84. The second kappa shape index (κ2) is 8.94. The molecule has 0 amide bonds. The van der Waals surface area contributed by atoms with Gasteiger partial charge in [0.2, 0.25) is 0 Å². The summed E-state index contributed by atoms with van der Waals surface area (Å²) in [6, 6.07) is 20.2. The minimum Gasteiger partial charge on any atom is -0.278 e. The molecule has 0 saturated carbocycles. The maximum Gasteiger partial charge on any atom is 0.141 e. The summed E-state index contributed by atoms with van der Waals surface area (Å²) in [5.41, 5.74) is 4.56. The van der Waals surface area contributed by atoms with E-state index in [0.717, 1.165) is 54.1 Å². The largest absolute Gasteiger partial charge is 0.278 e. The zero-order valence-electron chi connectivity index (χ0n) is 15.4. The summed E-state index contributed by atoms with van der Waals surface area (Å²) in [5.74, 6) is 0. The van der Waals surface area contributed by atoms with Crippen molar-refractivity contribution in [3.05, 3.63) is 60.7 Å². The van der Waals surface area contributed by atoms with Gasteiger partial charge in [-0.1, -0.05) is 79.7 Å². The van der Waals surface area contributed by atoms with Crippen molar-refractivity contribution in [1.82, 2.24) is 15.2 Å². The van der Waals surface area contributed by atoms with E-state index in [0.29, 0.717) is 0 Å². The fourth-order valence-corrected chi connectivity index (χ4v) is 2.86. The van der Waals surface area contributed by atoms with Gasteiger partial charge >= 0.3 is 0 Å². The Balaban J connectivity index is 2.03. The molecule has 5 heteroatoms. The first-order valence-electron chi connectivity index (χ1n) is 9.19. The van der Waals surface area contributed by atoms with E-state index in [2.05, 4.69) is 46.5 Å². The highest BCUT2D eigenvalue weighted by Gasteiger charge is 2.16. The maximum absolute atomic E-state index is 4.61. The van der Waals surface area contributed by atoms with E-state index in [9.17, 15) is 0 Å². The standard InChI is InChI=1S/C21H25N5/c1-3-15-26(16-4-2)25-24-21-19(17-11-7-5-8-12-17)22-23-20(21)18-13-9-6-10-14-18/h5-14H,3-4,15-16H2,1-2H3,(H,22,23). The van der Waals surface area contributed by atoms with Gasteiger partial charge in [-0.15, -0.1) is 5.11 Å². The first kappa shape index (κ1) is 17.9. The molecular weight excluding hydrogens is 322 g/mol. The van der Waals surface area contributed by atoms with Crippen LogP contribution in [-0.2, 0) is 0 Å². The van der Waals surface area contributed by atoms with Gasteiger partial charge in [-0.3, -0.25) is 10.1 Å². The van der Waals surface area contributed by atoms with E-state index >= 15 is 0 Å². The molecule has 0 radical (unpaired) electrons. The molecule has 0 aliphatic carbocycles. The highest BCUT2D eigenvalue weighted by atomic mass is 15.5. The summed E-state index contributed by atoms with van der Waals surface area (Å²) in [6.07, 6.45) is 2.09. The molecule has 0 bridgehead atoms. The highest BCUT2D eigenvalue weighted by Crippen LogP contribution is 2.37. The van der Waals surface area contributed by atoms with Gasteiger partial charge in [0.05, 0.1) is 5.69 Å². The van der Waals surface area contributed by atoms with Crippen LogP contribution in [0.2, 0.25) is 0 Å². The van der Waals surface area contributed by atoms with Gasteiger partial charge in [0.1, 0.15) is 11.4 Å². The van der Waals surface area contributed by atoms with Crippen molar-refractivity contribution >= 4 is 5.69 Å². The first-order chi connectivity index (χ1) is 12.8. The van der Waals surface area contributed by atoms with Crippen LogP contribution >= 0.6 is 0 Å². The lowest BCUT2D eigenvalue weighted by atomic mass is 10.1. The fourth-order valence-electron chi connectivity index (χ4n) is 2.86. The molecule has 2 aromatic carbocycles.